The number of hydrogen-bond donors (Lipinski definition) is 1. The average molecular weight is 242 g/mol. The molecule has 0 aromatic carbocycles. The van der Waals surface area contributed by atoms with Gasteiger partial charge in [0, 0.05) is 19.8 Å². The maximum Gasteiger partial charge on any atom is 0.0462 e. The number of likely N-dealkylation sites (tertiary alicyclic amines) is 1. The van der Waals surface area contributed by atoms with E-state index in [1.807, 2.05) is 0 Å². The topological polar surface area (TPSA) is 24.5 Å². The number of nitrogens with one attached hydrogen (secondary N) is 1. The number of nitrogens with zero attached hydrogens (tertiary/aromatic N) is 1. The van der Waals surface area contributed by atoms with Crippen molar-refractivity contribution >= 4 is 0 Å². The maximum atomic E-state index is 5.05. The minimum absolute atomic E-state index is 0.686. The van der Waals surface area contributed by atoms with Crippen molar-refractivity contribution < 1.29 is 4.74 Å². The second-order valence-corrected chi connectivity index (χ2v) is 5.44. The highest BCUT2D eigenvalue weighted by molar-refractivity contribution is 4.78. The fourth-order valence-corrected chi connectivity index (χ4v) is 2.57. The molecule has 0 aliphatic carbocycles. The first-order valence-electron chi connectivity index (χ1n) is 7.15. The molecule has 0 aromatic heterocycles. The zero-order valence-corrected chi connectivity index (χ0v) is 11.9. The Morgan fingerprint density at radius 2 is 1.94 bits per heavy atom. The van der Waals surface area contributed by atoms with Crippen LogP contribution in [0.5, 0.6) is 0 Å². The summed E-state index contributed by atoms with van der Waals surface area (Å²) >= 11 is 0. The normalized spacial score (nSPS) is 20.6. The molecular weight excluding hydrogens is 212 g/mol. The van der Waals surface area contributed by atoms with Gasteiger partial charge in [-0.1, -0.05) is 0 Å². The van der Waals surface area contributed by atoms with Gasteiger partial charge in [-0.25, -0.2) is 0 Å². The number of ether oxygens (including phenoxy) is 1. The van der Waals surface area contributed by atoms with Crippen molar-refractivity contribution in [2.45, 2.75) is 45.1 Å². The zero-order chi connectivity index (χ0) is 12.5. The second kappa shape index (κ2) is 8.90. The highest BCUT2D eigenvalue weighted by Crippen LogP contribution is 2.19. The van der Waals surface area contributed by atoms with Gasteiger partial charge in [-0.3, -0.25) is 0 Å². The molecular formula is C14H30N2O. The summed E-state index contributed by atoms with van der Waals surface area (Å²) in [6.45, 7) is 6.96. The minimum Gasteiger partial charge on any atom is -0.385 e. The Morgan fingerprint density at radius 3 is 2.59 bits per heavy atom. The number of hydrogen-bond acceptors (Lipinski definition) is 3. The average Bonchev–Trinajstić information content (AvgIpc) is 2.34. The van der Waals surface area contributed by atoms with Gasteiger partial charge < -0.3 is 15.0 Å². The van der Waals surface area contributed by atoms with Gasteiger partial charge in [0.15, 0.2) is 0 Å². The molecule has 0 amide bonds. The first kappa shape index (κ1) is 14.9. The lowest BCUT2D eigenvalue weighted by Gasteiger charge is -2.33. The van der Waals surface area contributed by atoms with E-state index in [-0.39, 0.29) is 0 Å². The summed E-state index contributed by atoms with van der Waals surface area (Å²) in [5.74, 6) is 0.880. The molecule has 1 heterocycles. The Morgan fingerprint density at radius 1 is 1.24 bits per heavy atom. The van der Waals surface area contributed by atoms with Crippen LogP contribution in [-0.2, 0) is 4.74 Å². The largest absolute Gasteiger partial charge is 0.385 e. The van der Waals surface area contributed by atoms with E-state index in [4.69, 9.17) is 4.74 Å². The van der Waals surface area contributed by atoms with Crippen molar-refractivity contribution in [2.75, 3.05) is 40.4 Å². The van der Waals surface area contributed by atoms with Crippen LogP contribution in [0.1, 0.15) is 39.0 Å². The number of methoxy groups -OCH3 is 1. The Balaban J connectivity index is 1.99. The van der Waals surface area contributed by atoms with Crippen LogP contribution < -0.4 is 5.32 Å². The molecule has 1 aliphatic heterocycles. The summed E-state index contributed by atoms with van der Waals surface area (Å²) in [6.07, 6.45) is 6.46. The Labute approximate surface area is 107 Å². The van der Waals surface area contributed by atoms with Crippen LogP contribution in [0.3, 0.4) is 0 Å². The summed E-state index contributed by atoms with van der Waals surface area (Å²) in [6, 6.07) is 0.686. The SMILES string of the molecule is COCCCCCNC(C)C1CCN(C)CC1. The summed E-state index contributed by atoms with van der Waals surface area (Å²) in [7, 11) is 4.00. The van der Waals surface area contributed by atoms with Gasteiger partial charge in [-0.05, 0) is 71.6 Å². The summed E-state index contributed by atoms with van der Waals surface area (Å²) in [5.41, 5.74) is 0. The standard InChI is InChI=1S/C14H30N2O/c1-13(14-7-10-16(2)11-8-14)15-9-5-4-6-12-17-3/h13-15H,4-12H2,1-3H3. The van der Waals surface area contributed by atoms with Gasteiger partial charge >= 0.3 is 0 Å². The van der Waals surface area contributed by atoms with E-state index in [9.17, 15) is 0 Å². The monoisotopic (exact) mass is 242 g/mol. The van der Waals surface area contributed by atoms with Gasteiger partial charge in [0.25, 0.3) is 0 Å². The van der Waals surface area contributed by atoms with Crippen molar-refractivity contribution in [1.29, 1.82) is 0 Å². The predicted octanol–water partition coefficient (Wildman–Crippen LogP) is 2.12. The van der Waals surface area contributed by atoms with Gasteiger partial charge in [-0.15, -0.1) is 0 Å². The van der Waals surface area contributed by atoms with Gasteiger partial charge in [0.05, 0.1) is 0 Å². The molecule has 1 atom stereocenters. The third kappa shape index (κ3) is 6.39. The van der Waals surface area contributed by atoms with E-state index in [1.165, 1.54) is 45.2 Å². The maximum absolute atomic E-state index is 5.05. The van der Waals surface area contributed by atoms with Crippen molar-refractivity contribution in [3.8, 4) is 0 Å². The molecule has 17 heavy (non-hydrogen) atoms. The summed E-state index contributed by atoms with van der Waals surface area (Å²) in [4.78, 5) is 2.44. The molecule has 3 heteroatoms. The van der Waals surface area contributed by atoms with Crippen LogP contribution in [0.15, 0.2) is 0 Å². The lowest BCUT2D eigenvalue weighted by molar-refractivity contribution is 0.186. The molecule has 3 nitrogen and oxygen atoms in total. The smallest absolute Gasteiger partial charge is 0.0462 e. The van der Waals surface area contributed by atoms with Crippen LogP contribution in [0, 0.1) is 5.92 Å². The third-order valence-corrected chi connectivity index (χ3v) is 3.96. The molecule has 1 aliphatic rings. The molecule has 0 bridgehead atoms. The van der Waals surface area contributed by atoms with Crippen LogP contribution in [0.25, 0.3) is 0 Å². The van der Waals surface area contributed by atoms with Gasteiger partial charge in [0.1, 0.15) is 0 Å². The first-order chi connectivity index (χ1) is 8.24. The zero-order valence-electron chi connectivity index (χ0n) is 11.9. The van der Waals surface area contributed by atoms with E-state index in [0.29, 0.717) is 6.04 Å². The quantitative estimate of drug-likeness (QED) is 0.660. The molecule has 102 valence electrons. The van der Waals surface area contributed by atoms with Crippen LogP contribution in [0.2, 0.25) is 0 Å². The van der Waals surface area contributed by atoms with Crippen LogP contribution in [0.4, 0.5) is 0 Å². The Hall–Kier alpha value is -0.120. The van der Waals surface area contributed by atoms with Crippen molar-refractivity contribution in [2.24, 2.45) is 5.92 Å². The predicted molar refractivity (Wildman–Crippen MR) is 73.4 cm³/mol. The molecule has 1 fully saturated rings. The van der Waals surface area contributed by atoms with E-state index in [0.717, 1.165) is 19.1 Å². The number of unbranched alkanes of at least 4 members (excludes halogenated alkanes) is 2. The summed E-state index contributed by atoms with van der Waals surface area (Å²) < 4.78 is 5.05. The second-order valence-electron chi connectivity index (χ2n) is 5.44. The Kier molecular flexibility index (Phi) is 7.82. The van der Waals surface area contributed by atoms with Crippen molar-refractivity contribution in [3.63, 3.8) is 0 Å². The molecule has 0 spiro atoms. The molecule has 0 aromatic rings. The third-order valence-electron chi connectivity index (χ3n) is 3.96. The molecule has 1 saturated heterocycles. The van der Waals surface area contributed by atoms with E-state index >= 15 is 0 Å². The lowest BCUT2D eigenvalue weighted by atomic mass is 9.90. The van der Waals surface area contributed by atoms with Crippen LogP contribution in [-0.4, -0.2) is 51.3 Å². The fraction of sp³-hybridized carbons (Fsp3) is 1.00. The van der Waals surface area contributed by atoms with Crippen LogP contribution >= 0.6 is 0 Å². The number of rotatable bonds is 8. The van der Waals surface area contributed by atoms with Gasteiger partial charge in [-0.2, -0.15) is 0 Å². The Bertz CT molecular complexity index is 179. The summed E-state index contributed by atoms with van der Waals surface area (Å²) in [5, 5.41) is 3.68. The molecule has 1 N–H and O–H groups in total. The lowest BCUT2D eigenvalue weighted by Crippen LogP contribution is -2.40. The number of piperidine rings is 1. The minimum atomic E-state index is 0.686. The highest BCUT2D eigenvalue weighted by atomic mass is 16.5. The van der Waals surface area contributed by atoms with E-state index in [2.05, 4.69) is 24.2 Å². The molecule has 0 saturated carbocycles. The van der Waals surface area contributed by atoms with Crippen molar-refractivity contribution in [1.82, 2.24) is 10.2 Å². The van der Waals surface area contributed by atoms with Crippen molar-refractivity contribution in [3.05, 3.63) is 0 Å². The van der Waals surface area contributed by atoms with E-state index < -0.39 is 0 Å². The fourth-order valence-electron chi connectivity index (χ4n) is 2.57. The molecule has 1 rings (SSSR count). The highest BCUT2D eigenvalue weighted by Gasteiger charge is 2.21. The molecule has 0 radical (unpaired) electrons. The van der Waals surface area contributed by atoms with Gasteiger partial charge in [0.2, 0.25) is 0 Å². The first-order valence-corrected chi connectivity index (χ1v) is 7.15. The molecule has 1 unspecified atom stereocenters. The van der Waals surface area contributed by atoms with E-state index in [1.54, 1.807) is 7.11 Å².